The van der Waals surface area contributed by atoms with E-state index in [9.17, 15) is 5.11 Å². The summed E-state index contributed by atoms with van der Waals surface area (Å²) < 4.78 is 13.4. The zero-order valence-electron chi connectivity index (χ0n) is 19.1. The molecule has 1 heterocycles. The number of rotatable bonds is 8. The molecule has 1 aromatic heterocycles. The first-order valence-corrected chi connectivity index (χ1v) is 10.9. The van der Waals surface area contributed by atoms with Gasteiger partial charge in [0, 0.05) is 19.2 Å². The molecule has 0 unspecified atom stereocenters. The predicted molar refractivity (Wildman–Crippen MR) is 129 cm³/mol. The molecule has 0 radical (unpaired) electrons. The Labute approximate surface area is 189 Å². The lowest BCUT2D eigenvalue weighted by atomic mass is 9.99. The highest BCUT2D eigenvalue weighted by molar-refractivity contribution is 5.91. The van der Waals surface area contributed by atoms with Gasteiger partial charge in [0.15, 0.2) is 0 Å². The van der Waals surface area contributed by atoms with Gasteiger partial charge in [-0.3, -0.25) is 0 Å². The fraction of sp³-hybridized carbons (Fsp3) is 0.296. The molecule has 0 atom stereocenters. The summed E-state index contributed by atoms with van der Waals surface area (Å²) in [6, 6.07) is 20.6. The predicted octanol–water partition coefficient (Wildman–Crippen LogP) is 5.64. The van der Waals surface area contributed by atoms with Gasteiger partial charge < -0.3 is 19.1 Å². The van der Waals surface area contributed by atoms with E-state index in [1.165, 1.54) is 5.56 Å². The number of aromatic nitrogens is 2. The second-order valence-electron chi connectivity index (χ2n) is 8.22. The highest BCUT2D eigenvalue weighted by Crippen LogP contribution is 2.37. The van der Waals surface area contributed by atoms with Gasteiger partial charge in [-0.25, -0.2) is 4.98 Å². The number of ether oxygens (including phenoxy) is 2. The fourth-order valence-corrected chi connectivity index (χ4v) is 4.12. The Morgan fingerprint density at radius 3 is 2.38 bits per heavy atom. The maximum absolute atomic E-state index is 9.81. The largest absolute Gasteiger partial charge is 0.494 e. The van der Waals surface area contributed by atoms with Crippen molar-refractivity contribution in [3.05, 3.63) is 71.8 Å². The van der Waals surface area contributed by atoms with Crippen molar-refractivity contribution >= 4 is 11.0 Å². The minimum atomic E-state index is -0.0216. The molecule has 32 heavy (non-hydrogen) atoms. The zero-order chi connectivity index (χ0) is 22.7. The van der Waals surface area contributed by atoms with E-state index in [2.05, 4.69) is 48.7 Å². The van der Waals surface area contributed by atoms with Crippen LogP contribution in [0.4, 0.5) is 0 Å². The van der Waals surface area contributed by atoms with Crippen LogP contribution in [0.25, 0.3) is 33.5 Å². The van der Waals surface area contributed by atoms with Crippen molar-refractivity contribution in [2.24, 2.45) is 0 Å². The fourth-order valence-electron chi connectivity index (χ4n) is 4.12. The van der Waals surface area contributed by atoms with Crippen LogP contribution in [0.3, 0.4) is 0 Å². The minimum Gasteiger partial charge on any atom is -0.494 e. The van der Waals surface area contributed by atoms with E-state index in [4.69, 9.17) is 14.5 Å². The number of methoxy groups -OCH3 is 2. The Balaban J connectivity index is 1.92. The number of fused-ring (bicyclic) bond motifs is 1. The summed E-state index contributed by atoms with van der Waals surface area (Å²) >= 11 is 0. The molecule has 0 amide bonds. The molecule has 0 aliphatic carbocycles. The lowest BCUT2D eigenvalue weighted by Gasteiger charge is -2.13. The van der Waals surface area contributed by atoms with Crippen molar-refractivity contribution in [2.45, 2.75) is 32.9 Å². The molecule has 0 aliphatic rings. The lowest BCUT2D eigenvalue weighted by Crippen LogP contribution is -2.07. The van der Waals surface area contributed by atoms with Gasteiger partial charge in [-0.05, 0) is 40.3 Å². The minimum absolute atomic E-state index is 0.0216. The maximum Gasteiger partial charge on any atom is 0.145 e. The highest BCUT2D eigenvalue weighted by Gasteiger charge is 2.19. The van der Waals surface area contributed by atoms with Crippen LogP contribution in [0.2, 0.25) is 0 Å². The Morgan fingerprint density at radius 1 is 0.969 bits per heavy atom. The molecule has 3 aromatic carbocycles. The van der Waals surface area contributed by atoms with Crippen LogP contribution in [0, 0.1) is 0 Å². The Bertz CT molecular complexity index is 1210. The van der Waals surface area contributed by atoms with Crippen LogP contribution >= 0.6 is 0 Å². The number of aliphatic hydroxyl groups is 1. The number of hydrogen-bond acceptors (Lipinski definition) is 4. The molecule has 0 saturated heterocycles. The van der Waals surface area contributed by atoms with Crippen LogP contribution in [0.1, 0.15) is 30.9 Å². The zero-order valence-corrected chi connectivity index (χ0v) is 19.1. The van der Waals surface area contributed by atoms with Gasteiger partial charge in [-0.2, -0.15) is 0 Å². The van der Waals surface area contributed by atoms with E-state index in [-0.39, 0.29) is 6.61 Å². The van der Waals surface area contributed by atoms with E-state index in [1.807, 2.05) is 30.3 Å². The van der Waals surface area contributed by atoms with E-state index < -0.39 is 0 Å². The van der Waals surface area contributed by atoms with Crippen molar-refractivity contribution < 1.29 is 14.6 Å². The molecular weight excluding hydrogens is 400 g/mol. The molecule has 0 spiro atoms. The van der Waals surface area contributed by atoms with Gasteiger partial charge in [0.2, 0.25) is 0 Å². The Morgan fingerprint density at radius 2 is 1.72 bits per heavy atom. The summed E-state index contributed by atoms with van der Waals surface area (Å²) in [6.07, 6.45) is 0. The van der Waals surface area contributed by atoms with Crippen molar-refractivity contribution in [2.75, 3.05) is 20.8 Å². The standard InChI is InChI=1S/C27H30N2O3/c1-18(2)19-9-11-20(12-10-19)27-28-24-15-22(23-8-6-5-7-21(23)17-30)16-25(32-4)26(24)29(27)13-14-31-3/h5-12,15-16,18,30H,13-14,17H2,1-4H3. The maximum atomic E-state index is 9.81. The molecule has 0 aliphatic heterocycles. The number of aliphatic hydroxyl groups excluding tert-OH is 1. The SMILES string of the molecule is COCCn1c(-c2ccc(C(C)C)cc2)nc2cc(-c3ccccc3CO)cc(OC)c21. The summed E-state index contributed by atoms with van der Waals surface area (Å²) in [5.74, 6) is 2.11. The van der Waals surface area contributed by atoms with E-state index >= 15 is 0 Å². The van der Waals surface area contributed by atoms with Crippen LogP contribution in [-0.4, -0.2) is 35.5 Å². The lowest BCUT2D eigenvalue weighted by molar-refractivity contribution is 0.188. The Hall–Kier alpha value is -3.15. The Kier molecular flexibility index (Phi) is 6.58. The van der Waals surface area contributed by atoms with Crippen molar-refractivity contribution in [1.82, 2.24) is 9.55 Å². The molecular formula is C27H30N2O3. The number of nitrogens with zero attached hydrogens (tertiary/aromatic N) is 2. The van der Waals surface area contributed by atoms with Crippen LogP contribution in [0.15, 0.2) is 60.7 Å². The van der Waals surface area contributed by atoms with Gasteiger partial charge in [0.1, 0.15) is 17.1 Å². The van der Waals surface area contributed by atoms with E-state index in [0.29, 0.717) is 19.1 Å². The smallest absolute Gasteiger partial charge is 0.145 e. The van der Waals surface area contributed by atoms with Crippen molar-refractivity contribution in [3.63, 3.8) is 0 Å². The average molecular weight is 431 g/mol. The first-order valence-electron chi connectivity index (χ1n) is 10.9. The quantitative estimate of drug-likeness (QED) is 0.393. The highest BCUT2D eigenvalue weighted by atomic mass is 16.5. The van der Waals surface area contributed by atoms with Gasteiger partial charge >= 0.3 is 0 Å². The first kappa shape index (κ1) is 22.1. The summed E-state index contributed by atoms with van der Waals surface area (Å²) in [5, 5.41) is 9.81. The van der Waals surface area contributed by atoms with Gasteiger partial charge in [-0.1, -0.05) is 62.4 Å². The second-order valence-corrected chi connectivity index (χ2v) is 8.22. The topological polar surface area (TPSA) is 56.5 Å². The number of imidazole rings is 1. The van der Waals surface area contributed by atoms with Crippen molar-refractivity contribution in [3.8, 4) is 28.3 Å². The first-order chi connectivity index (χ1) is 15.6. The third-order valence-corrected chi connectivity index (χ3v) is 5.88. The normalized spacial score (nSPS) is 11.4. The molecule has 0 saturated carbocycles. The van der Waals surface area contributed by atoms with E-state index in [0.717, 1.165) is 44.9 Å². The van der Waals surface area contributed by atoms with Crippen LogP contribution in [0.5, 0.6) is 5.75 Å². The third kappa shape index (κ3) is 4.14. The molecule has 0 bridgehead atoms. The van der Waals surface area contributed by atoms with Gasteiger partial charge in [0.25, 0.3) is 0 Å². The van der Waals surface area contributed by atoms with E-state index in [1.54, 1.807) is 14.2 Å². The van der Waals surface area contributed by atoms with Crippen LogP contribution in [-0.2, 0) is 17.9 Å². The molecule has 4 aromatic rings. The molecule has 5 heteroatoms. The van der Waals surface area contributed by atoms with Gasteiger partial charge in [0.05, 0.1) is 25.8 Å². The molecule has 0 fully saturated rings. The van der Waals surface area contributed by atoms with Crippen molar-refractivity contribution in [1.29, 1.82) is 0 Å². The molecule has 5 nitrogen and oxygen atoms in total. The third-order valence-electron chi connectivity index (χ3n) is 5.88. The van der Waals surface area contributed by atoms with Gasteiger partial charge in [-0.15, -0.1) is 0 Å². The second kappa shape index (κ2) is 9.55. The average Bonchev–Trinajstić information content (AvgIpc) is 3.20. The molecule has 166 valence electrons. The van der Waals surface area contributed by atoms with Crippen LogP contribution < -0.4 is 4.74 Å². The molecule has 4 rings (SSSR count). The summed E-state index contributed by atoms with van der Waals surface area (Å²) in [5.41, 5.74) is 6.97. The number of hydrogen-bond donors (Lipinski definition) is 1. The molecule has 1 N–H and O–H groups in total. The summed E-state index contributed by atoms with van der Waals surface area (Å²) in [4.78, 5) is 5.03. The summed E-state index contributed by atoms with van der Waals surface area (Å²) in [6.45, 7) is 5.60. The summed E-state index contributed by atoms with van der Waals surface area (Å²) in [7, 11) is 3.39. The monoisotopic (exact) mass is 430 g/mol. The number of benzene rings is 3.